The zero-order valence-electron chi connectivity index (χ0n) is 10.2. The standard InChI is InChI=1S/C14H12ClNO3/c1-16(10-3-5-11(17)6-4-10)14(19)9-2-7-13(18)12(15)8-9/h2-8,17-18H,1H3. The highest BCUT2D eigenvalue weighted by Crippen LogP contribution is 2.25. The molecule has 0 aromatic heterocycles. The Hall–Kier alpha value is -2.20. The van der Waals surface area contributed by atoms with Crippen molar-refractivity contribution >= 4 is 23.2 Å². The number of halogens is 1. The third kappa shape index (κ3) is 2.80. The Morgan fingerprint density at radius 2 is 1.74 bits per heavy atom. The Morgan fingerprint density at radius 1 is 1.11 bits per heavy atom. The maximum Gasteiger partial charge on any atom is 0.258 e. The fourth-order valence-corrected chi connectivity index (χ4v) is 1.81. The summed E-state index contributed by atoms with van der Waals surface area (Å²) in [7, 11) is 1.62. The SMILES string of the molecule is CN(C(=O)c1ccc(O)c(Cl)c1)c1ccc(O)cc1. The van der Waals surface area contributed by atoms with Crippen LogP contribution >= 0.6 is 11.6 Å². The van der Waals surface area contributed by atoms with Gasteiger partial charge in [0, 0.05) is 18.3 Å². The molecular weight excluding hydrogens is 266 g/mol. The summed E-state index contributed by atoms with van der Waals surface area (Å²) in [6.07, 6.45) is 0. The number of hydrogen-bond acceptors (Lipinski definition) is 3. The Labute approximate surface area is 115 Å². The summed E-state index contributed by atoms with van der Waals surface area (Å²) in [6, 6.07) is 10.6. The number of phenols is 2. The largest absolute Gasteiger partial charge is 0.508 e. The maximum absolute atomic E-state index is 12.2. The third-order valence-electron chi connectivity index (χ3n) is 2.74. The molecule has 0 heterocycles. The average Bonchev–Trinajstić information content (AvgIpc) is 2.41. The quantitative estimate of drug-likeness (QED) is 0.887. The van der Waals surface area contributed by atoms with Gasteiger partial charge >= 0.3 is 0 Å². The number of benzene rings is 2. The van der Waals surface area contributed by atoms with Gasteiger partial charge in [0.1, 0.15) is 11.5 Å². The maximum atomic E-state index is 12.2. The lowest BCUT2D eigenvalue weighted by molar-refractivity contribution is 0.0993. The molecule has 2 N–H and O–H groups in total. The Kier molecular flexibility index (Phi) is 3.62. The first-order valence-corrected chi connectivity index (χ1v) is 5.92. The predicted octanol–water partition coefficient (Wildman–Crippen LogP) is 3.03. The number of amides is 1. The molecule has 5 heteroatoms. The summed E-state index contributed by atoms with van der Waals surface area (Å²) in [6.45, 7) is 0. The lowest BCUT2D eigenvalue weighted by atomic mass is 10.2. The second-order valence-electron chi connectivity index (χ2n) is 4.05. The molecule has 0 spiro atoms. The van der Waals surface area contributed by atoms with Gasteiger partial charge in [0.2, 0.25) is 0 Å². The molecule has 0 aliphatic heterocycles. The summed E-state index contributed by atoms with van der Waals surface area (Å²) in [5.74, 6) is -0.185. The molecule has 0 atom stereocenters. The van der Waals surface area contributed by atoms with E-state index in [2.05, 4.69) is 0 Å². The zero-order valence-corrected chi connectivity index (χ0v) is 10.9. The molecule has 0 radical (unpaired) electrons. The van der Waals surface area contributed by atoms with Gasteiger partial charge in [-0.25, -0.2) is 0 Å². The van der Waals surface area contributed by atoms with E-state index in [1.165, 1.54) is 35.2 Å². The van der Waals surface area contributed by atoms with Gasteiger partial charge in [-0.3, -0.25) is 4.79 Å². The van der Waals surface area contributed by atoms with E-state index in [1.807, 2.05) is 0 Å². The minimum absolute atomic E-state index is 0.0643. The molecule has 19 heavy (non-hydrogen) atoms. The van der Waals surface area contributed by atoms with Gasteiger partial charge in [-0.1, -0.05) is 11.6 Å². The minimum Gasteiger partial charge on any atom is -0.508 e. The number of phenolic OH excluding ortho intramolecular Hbond substituents is 2. The number of hydrogen-bond donors (Lipinski definition) is 2. The monoisotopic (exact) mass is 277 g/mol. The van der Waals surface area contributed by atoms with Gasteiger partial charge in [0.05, 0.1) is 5.02 Å². The van der Waals surface area contributed by atoms with Crippen molar-refractivity contribution in [3.8, 4) is 11.5 Å². The van der Waals surface area contributed by atoms with E-state index in [-0.39, 0.29) is 22.4 Å². The van der Waals surface area contributed by atoms with Gasteiger partial charge in [0.15, 0.2) is 0 Å². The lowest BCUT2D eigenvalue weighted by Gasteiger charge is -2.17. The average molecular weight is 278 g/mol. The van der Waals surface area contributed by atoms with Crippen LogP contribution in [0.4, 0.5) is 5.69 Å². The van der Waals surface area contributed by atoms with Crippen LogP contribution in [0.2, 0.25) is 5.02 Å². The molecule has 2 aromatic carbocycles. The van der Waals surface area contributed by atoms with Gasteiger partial charge in [-0.15, -0.1) is 0 Å². The van der Waals surface area contributed by atoms with Crippen LogP contribution < -0.4 is 4.90 Å². The van der Waals surface area contributed by atoms with Gasteiger partial charge in [-0.05, 0) is 42.5 Å². The van der Waals surface area contributed by atoms with Crippen molar-refractivity contribution < 1.29 is 15.0 Å². The molecule has 2 aromatic rings. The molecule has 1 amide bonds. The van der Waals surface area contributed by atoms with E-state index in [0.29, 0.717) is 11.3 Å². The molecule has 4 nitrogen and oxygen atoms in total. The Balaban J connectivity index is 2.28. The van der Waals surface area contributed by atoms with E-state index in [1.54, 1.807) is 19.2 Å². The Bertz CT molecular complexity index is 611. The van der Waals surface area contributed by atoms with E-state index < -0.39 is 0 Å². The zero-order chi connectivity index (χ0) is 14.0. The number of nitrogens with zero attached hydrogens (tertiary/aromatic N) is 1. The van der Waals surface area contributed by atoms with E-state index in [4.69, 9.17) is 11.6 Å². The van der Waals surface area contributed by atoms with E-state index >= 15 is 0 Å². The van der Waals surface area contributed by atoms with Gasteiger partial charge < -0.3 is 15.1 Å². The molecule has 98 valence electrons. The van der Waals surface area contributed by atoms with Crippen molar-refractivity contribution in [1.82, 2.24) is 0 Å². The Morgan fingerprint density at radius 3 is 2.32 bits per heavy atom. The second kappa shape index (κ2) is 5.20. The van der Waals surface area contributed by atoms with Crippen molar-refractivity contribution in [2.75, 3.05) is 11.9 Å². The normalized spacial score (nSPS) is 10.2. The van der Waals surface area contributed by atoms with Crippen LogP contribution in [0.25, 0.3) is 0 Å². The topological polar surface area (TPSA) is 60.8 Å². The molecule has 0 bridgehead atoms. The molecule has 0 unspecified atom stereocenters. The fourth-order valence-electron chi connectivity index (χ4n) is 1.63. The number of carbonyl (C=O) groups excluding carboxylic acids is 1. The first-order valence-electron chi connectivity index (χ1n) is 5.54. The summed E-state index contributed by atoms with van der Waals surface area (Å²) in [5.41, 5.74) is 1.02. The number of rotatable bonds is 2. The molecule has 0 saturated carbocycles. The number of anilines is 1. The van der Waals surface area contributed by atoms with E-state index in [9.17, 15) is 15.0 Å². The van der Waals surface area contributed by atoms with Gasteiger partial charge in [-0.2, -0.15) is 0 Å². The van der Waals surface area contributed by atoms with Crippen molar-refractivity contribution in [2.45, 2.75) is 0 Å². The van der Waals surface area contributed by atoms with Crippen LogP contribution in [-0.4, -0.2) is 23.2 Å². The summed E-state index contributed by atoms with van der Waals surface area (Å²) in [5, 5.41) is 18.7. The lowest BCUT2D eigenvalue weighted by Crippen LogP contribution is -2.26. The van der Waals surface area contributed by atoms with Gasteiger partial charge in [0.25, 0.3) is 5.91 Å². The van der Waals surface area contributed by atoms with E-state index in [0.717, 1.165) is 0 Å². The molecule has 0 saturated heterocycles. The molecule has 0 aliphatic carbocycles. The number of aromatic hydroxyl groups is 2. The van der Waals surface area contributed by atoms with Crippen LogP contribution in [0.5, 0.6) is 11.5 Å². The van der Waals surface area contributed by atoms with Crippen molar-refractivity contribution in [1.29, 1.82) is 0 Å². The summed E-state index contributed by atoms with van der Waals surface area (Å²) in [4.78, 5) is 13.6. The van der Waals surface area contributed by atoms with Crippen LogP contribution in [0.3, 0.4) is 0 Å². The molecule has 2 rings (SSSR count). The summed E-state index contributed by atoms with van der Waals surface area (Å²) >= 11 is 5.78. The van der Waals surface area contributed by atoms with Crippen molar-refractivity contribution in [3.63, 3.8) is 0 Å². The fraction of sp³-hybridized carbons (Fsp3) is 0.0714. The summed E-state index contributed by atoms with van der Waals surface area (Å²) < 4.78 is 0. The van der Waals surface area contributed by atoms with Crippen LogP contribution in [-0.2, 0) is 0 Å². The first kappa shape index (κ1) is 13.2. The third-order valence-corrected chi connectivity index (χ3v) is 3.04. The van der Waals surface area contributed by atoms with Crippen molar-refractivity contribution in [3.05, 3.63) is 53.1 Å². The smallest absolute Gasteiger partial charge is 0.258 e. The molecule has 0 aliphatic rings. The number of carbonyl (C=O) groups is 1. The van der Waals surface area contributed by atoms with Crippen LogP contribution in [0, 0.1) is 0 Å². The first-order chi connectivity index (χ1) is 8.99. The predicted molar refractivity (Wildman–Crippen MR) is 74.0 cm³/mol. The van der Waals surface area contributed by atoms with Crippen LogP contribution in [0.1, 0.15) is 10.4 Å². The highest BCUT2D eigenvalue weighted by atomic mass is 35.5. The molecule has 0 fully saturated rings. The highest BCUT2D eigenvalue weighted by Gasteiger charge is 2.14. The second-order valence-corrected chi connectivity index (χ2v) is 4.45. The molecular formula is C14H12ClNO3. The minimum atomic E-state index is -0.257. The highest BCUT2D eigenvalue weighted by molar-refractivity contribution is 6.32. The van der Waals surface area contributed by atoms with Crippen LogP contribution in [0.15, 0.2) is 42.5 Å². The van der Waals surface area contributed by atoms with Crippen molar-refractivity contribution in [2.24, 2.45) is 0 Å².